The van der Waals surface area contributed by atoms with Crippen LogP contribution in [-0.2, 0) is 4.74 Å². The third-order valence-corrected chi connectivity index (χ3v) is 3.12. The monoisotopic (exact) mass is 223 g/mol. The van der Waals surface area contributed by atoms with Gasteiger partial charge in [0.2, 0.25) is 0 Å². The maximum atomic E-state index is 11.7. The van der Waals surface area contributed by atoms with Gasteiger partial charge in [-0.3, -0.25) is 4.79 Å². The highest BCUT2D eigenvalue weighted by molar-refractivity contribution is 5.91. The Balaban J connectivity index is 1.84. The average Bonchev–Trinajstić information content (AvgIpc) is 2.80. The zero-order valence-corrected chi connectivity index (χ0v) is 9.49. The third-order valence-electron chi connectivity index (χ3n) is 3.12. The Hall–Kier alpha value is -1.29. The summed E-state index contributed by atoms with van der Waals surface area (Å²) in [7, 11) is 0. The lowest BCUT2D eigenvalue weighted by atomic mass is 9.82. The number of hydrogen-bond donors (Lipinski definition) is 1. The van der Waals surface area contributed by atoms with Crippen molar-refractivity contribution in [1.82, 2.24) is 5.32 Å². The molecule has 0 saturated carbocycles. The second-order valence-corrected chi connectivity index (χ2v) is 4.58. The van der Waals surface area contributed by atoms with E-state index >= 15 is 0 Å². The largest absolute Gasteiger partial charge is 0.459 e. The van der Waals surface area contributed by atoms with E-state index < -0.39 is 0 Å². The van der Waals surface area contributed by atoms with Crippen LogP contribution in [-0.4, -0.2) is 25.7 Å². The topological polar surface area (TPSA) is 51.5 Å². The van der Waals surface area contributed by atoms with Gasteiger partial charge in [0.15, 0.2) is 5.76 Å². The number of carbonyl (C=O) groups is 1. The first-order chi connectivity index (χ1) is 7.70. The van der Waals surface area contributed by atoms with E-state index in [2.05, 4.69) is 12.2 Å². The van der Waals surface area contributed by atoms with Gasteiger partial charge >= 0.3 is 0 Å². The highest BCUT2D eigenvalue weighted by atomic mass is 16.5. The number of nitrogens with one attached hydrogen (secondary N) is 1. The summed E-state index contributed by atoms with van der Waals surface area (Å²) < 4.78 is 10.3. The molecule has 1 aromatic heterocycles. The van der Waals surface area contributed by atoms with Crippen LogP contribution in [0.4, 0.5) is 0 Å². The first kappa shape index (κ1) is 11.2. The maximum absolute atomic E-state index is 11.7. The Morgan fingerprint density at radius 2 is 2.25 bits per heavy atom. The van der Waals surface area contributed by atoms with Crippen LogP contribution in [0, 0.1) is 5.41 Å². The summed E-state index contributed by atoms with van der Waals surface area (Å²) >= 11 is 0. The van der Waals surface area contributed by atoms with E-state index in [4.69, 9.17) is 9.15 Å². The molecule has 1 aliphatic rings. The van der Waals surface area contributed by atoms with E-state index in [1.165, 1.54) is 6.26 Å². The smallest absolute Gasteiger partial charge is 0.286 e. The number of carbonyl (C=O) groups excluding carboxylic acids is 1. The van der Waals surface area contributed by atoms with E-state index in [1.54, 1.807) is 12.1 Å². The molecule has 0 aliphatic carbocycles. The minimum absolute atomic E-state index is 0.141. The molecule has 1 N–H and O–H groups in total. The summed E-state index contributed by atoms with van der Waals surface area (Å²) in [5.41, 5.74) is 0.153. The van der Waals surface area contributed by atoms with Gasteiger partial charge in [-0.2, -0.15) is 0 Å². The molecule has 4 heteroatoms. The Kier molecular flexibility index (Phi) is 3.29. The fourth-order valence-electron chi connectivity index (χ4n) is 1.83. The van der Waals surface area contributed by atoms with Gasteiger partial charge in [0, 0.05) is 19.8 Å². The fraction of sp³-hybridized carbons (Fsp3) is 0.583. The lowest BCUT2D eigenvalue weighted by Gasteiger charge is -2.33. The molecule has 0 unspecified atom stereocenters. The molecule has 4 nitrogen and oxygen atoms in total. The number of furan rings is 1. The number of hydrogen-bond acceptors (Lipinski definition) is 3. The van der Waals surface area contributed by atoms with Crippen LogP contribution in [0.25, 0.3) is 0 Å². The lowest BCUT2D eigenvalue weighted by molar-refractivity contribution is 0.0237. The van der Waals surface area contributed by atoms with Crippen LogP contribution in [0.1, 0.15) is 30.3 Å². The predicted octanol–water partition coefficient (Wildman–Crippen LogP) is 1.83. The van der Waals surface area contributed by atoms with E-state index in [9.17, 15) is 4.79 Å². The van der Waals surface area contributed by atoms with Crippen molar-refractivity contribution in [3.63, 3.8) is 0 Å². The molecule has 1 amide bonds. The Morgan fingerprint density at radius 3 is 2.88 bits per heavy atom. The highest BCUT2D eigenvalue weighted by Crippen LogP contribution is 2.28. The second-order valence-electron chi connectivity index (χ2n) is 4.58. The molecule has 16 heavy (non-hydrogen) atoms. The van der Waals surface area contributed by atoms with Crippen LogP contribution in [0.3, 0.4) is 0 Å². The van der Waals surface area contributed by atoms with Gasteiger partial charge in [-0.25, -0.2) is 0 Å². The number of ether oxygens (including phenoxy) is 1. The summed E-state index contributed by atoms with van der Waals surface area (Å²) in [6.07, 6.45) is 3.49. The van der Waals surface area contributed by atoms with Crippen molar-refractivity contribution in [3.05, 3.63) is 24.2 Å². The quantitative estimate of drug-likeness (QED) is 0.850. The van der Waals surface area contributed by atoms with E-state index in [0.717, 1.165) is 26.1 Å². The van der Waals surface area contributed by atoms with Gasteiger partial charge < -0.3 is 14.5 Å². The molecule has 1 fully saturated rings. The fourth-order valence-corrected chi connectivity index (χ4v) is 1.83. The summed E-state index contributed by atoms with van der Waals surface area (Å²) in [4.78, 5) is 11.7. The zero-order chi connectivity index (χ0) is 11.4. The number of rotatable bonds is 3. The molecule has 0 radical (unpaired) electrons. The van der Waals surface area contributed by atoms with Crippen molar-refractivity contribution in [1.29, 1.82) is 0 Å². The van der Waals surface area contributed by atoms with Gasteiger partial charge in [0.25, 0.3) is 5.91 Å². The SMILES string of the molecule is CC1(CNC(=O)c2ccco2)CCOCC1. The van der Waals surface area contributed by atoms with Crippen molar-refractivity contribution >= 4 is 5.91 Å². The molecule has 88 valence electrons. The van der Waals surface area contributed by atoms with Crippen LogP contribution >= 0.6 is 0 Å². The van der Waals surface area contributed by atoms with Crippen molar-refractivity contribution in [2.75, 3.05) is 19.8 Å². The highest BCUT2D eigenvalue weighted by Gasteiger charge is 2.28. The summed E-state index contributed by atoms with van der Waals surface area (Å²) in [6, 6.07) is 3.38. The summed E-state index contributed by atoms with van der Waals surface area (Å²) in [5.74, 6) is 0.230. The molecule has 1 aromatic rings. The van der Waals surface area contributed by atoms with Gasteiger partial charge in [0.1, 0.15) is 0 Å². The van der Waals surface area contributed by atoms with Crippen molar-refractivity contribution < 1.29 is 13.9 Å². The molecule has 0 atom stereocenters. The molecule has 0 spiro atoms. The van der Waals surface area contributed by atoms with Crippen LogP contribution in [0.2, 0.25) is 0 Å². The Morgan fingerprint density at radius 1 is 1.50 bits per heavy atom. The summed E-state index contributed by atoms with van der Waals surface area (Å²) in [6.45, 7) is 4.42. The minimum Gasteiger partial charge on any atom is -0.459 e. The predicted molar refractivity (Wildman–Crippen MR) is 59.2 cm³/mol. The standard InChI is InChI=1S/C12H17NO3/c1-12(4-7-15-8-5-12)9-13-11(14)10-3-2-6-16-10/h2-3,6H,4-5,7-9H2,1H3,(H,13,14). The molecule has 0 bridgehead atoms. The Labute approximate surface area is 95.0 Å². The molecular formula is C12H17NO3. The van der Waals surface area contributed by atoms with E-state index in [1.807, 2.05) is 0 Å². The average molecular weight is 223 g/mol. The first-order valence-corrected chi connectivity index (χ1v) is 5.59. The van der Waals surface area contributed by atoms with Gasteiger partial charge in [-0.1, -0.05) is 6.92 Å². The van der Waals surface area contributed by atoms with Crippen molar-refractivity contribution in [2.45, 2.75) is 19.8 Å². The first-order valence-electron chi connectivity index (χ1n) is 5.59. The van der Waals surface area contributed by atoms with Gasteiger partial charge in [0.05, 0.1) is 6.26 Å². The maximum Gasteiger partial charge on any atom is 0.286 e. The van der Waals surface area contributed by atoms with Crippen molar-refractivity contribution in [3.8, 4) is 0 Å². The van der Waals surface area contributed by atoms with Gasteiger partial charge in [-0.15, -0.1) is 0 Å². The van der Waals surface area contributed by atoms with Gasteiger partial charge in [-0.05, 0) is 30.4 Å². The van der Waals surface area contributed by atoms with E-state index in [0.29, 0.717) is 12.3 Å². The zero-order valence-electron chi connectivity index (χ0n) is 9.49. The Bertz CT molecular complexity index is 339. The molecular weight excluding hydrogens is 206 g/mol. The minimum atomic E-state index is -0.141. The summed E-state index contributed by atoms with van der Waals surface area (Å²) in [5, 5.41) is 2.91. The normalized spacial score (nSPS) is 19.3. The number of amides is 1. The molecule has 2 heterocycles. The van der Waals surface area contributed by atoms with Crippen molar-refractivity contribution in [2.24, 2.45) is 5.41 Å². The molecule has 1 saturated heterocycles. The van der Waals surface area contributed by atoms with Crippen LogP contribution in [0.5, 0.6) is 0 Å². The molecule has 2 rings (SSSR count). The second kappa shape index (κ2) is 4.70. The van der Waals surface area contributed by atoms with E-state index in [-0.39, 0.29) is 11.3 Å². The third kappa shape index (κ3) is 2.64. The van der Waals surface area contributed by atoms with Crippen LogP contribution in [0.15, 0.2) is 22.8 Å². The lowest BCUT2D eigenvalue weighted by Crippen LogP contribution is -2.39. The van der Waals surface area contributed by atoms with Crippen LogP contribution < -0.4 is 5.32 Å². The molecule has 1 aliphatic heterocycles. The molecule has 0 aromatic carbocycles.